The molecular formula is C29H31F3O. The van der Waals surface area contributed by atoms with Crippen molar-refractivity contribution in [2.45, 2.75) is 58.3 Å². The molecule has 0 spiro atoms. The fraction of sp³-hybridized carbons (Fsp3) is 0.379. The van der Waals surface area contributed by atoms with Gasteiger partial charge in [0.05, 0.1) is 6.61 Å². The van der Waals surface area contributed by atoms with Crippen molar-refractivity contribution in [1.82, 2.24) is 0 Å². The van der Waals surface area contributed by atoms with Crippen LogP contribution in [-0.2, 0) is 12.8 Å². The van der Waals surface area contributed by atoms with E-state index >= 15 is 0 Å². The van der Waals surface area contributed by atoms with E-state index < -0.39 is 11.6 Å². The summed E-state index contributed by atoms with van der Waals surface area (Å²) in [6.07, 6.45) is 5.38. The first-order valence-corrected chi connectivity index (χ1v) is 11.9. The van der Waals surface area contributed by atoms with Crippen LogP contribution >= 0.6 is 0 Å². The second-order valence-corrected chi connectivity index (χ2v) is 9.18. The lowest BCUT2D eigenvalue weighted by atomic mass is 9.79. The number of hydrogen-bond acceptors (Lipinski definition) is 1. The van der Waals surface area contributed by atoms with Crippen LogP contribution in [0.15, 0.2) is 54.6 Å². The summed E-state index contributed by atoms with van der Waals surface area (Å²) in [5.41, 5.74) is 3.41. The highest BCUT2D eigenvalue weighted by molar-refractivity contribution is 5.65. The Morgan fingerprint density at radius 1 is 0.788 bits per heavy atom. The molecule has 3 aromatic rings. The Kier molecular flexibility index (Phi) is 7.42. The van der Waals surface area contributed by atoms with Gasteiger partial charge in [-0.05, 0) is 78.8 Å². The largest absolute Gasteiger partial charge is 0.491 e. The molecular weight excluding hydrogens is 421 g/mol. The summed E-state index contributed by atoms with van der Waals surface area (Å²) < 4.78 is 49.2. The minimum atomic E-state index is -0.760. The topological polar surface area (TPSA) is 9.23 Å². The van der Waals surface area contributed by atoms with Gasteiger partial charge in [-0.15, -0.1) is 0 Å². The van der Waals surface area contributed by atoms with Gasteiger partial charge in [0.1, 0.15) is 0 Å². The van der Waals surface area contributed by atoms with Crippen molar-refractivity contribution < 1.29 is 17.9 Å². The van der Waals surface area contributed by atoms with Gasteiger partial charge < -0.3 is 4.74 Å². The van der Waals surface area contributed by atoms with Gasteiger partial charge in [0, 0.05) is 5.56 Å². The minimum Gasteiger partial charge on any atom is -0.491 e. The average Bonchev–Trinajstić information content (AvgIpc) is 2.82. The molecule has 1 aliphatic carbocycles. The van der Waals surface area contributed by atoms with Crippen molar-refractivity contribution in [2.24, 2.45) is 5.92 Å². The quantitative estimate of drug-likeness (QED) is 0.351. The smallest absolute Gasteiger partial charge is 0.166 e. The standard InChI is InChI=1S/C29H31F3O/c1-3-33-27-17-10-21(18-26(27)30)7-6-20-8-13-23(14-9-20)25-16-15-24(28(31)29(25)32)22-11-4-19(2)5-12-22/h8-10,13-19,22H,3-7,11-12H2,1-2H3. The molecule has 0 aromatic heterocycles. The van der Waals surface area contributed by atoms with Gasteiger partial charge in [0.2, 0.25) is 0 Å². The summed E-state index contributed by atoms with van der Waals surface area (Å²) in [6.45, 7) is 4.47. The number of hydrogen-bond donors (Lipinski definition) is 0. The van der Waals surface area contributed by atoms with Crippen LogP contribution in [0.3, 0.4) is 0 Å². The third kappa shape index (κ3) is 5.43. The normalized spacial score (nSPS) is 18.3. The average molecular weight is 453 g/mol. The Morgan fingerprint density at radius 2 is 1.45 bits per heavy atom. The zero-order valence-corrected chi connectivity index (χ0v) is 19.3. The van der Waals surface area contributed by atoms with E-state index in [1.165, 1.54) is 6.07 Å². The third-order valence-corrected chi connectivity index (χ3v) is 6.83. The maximum atomic E-state index is 15.0. The number of benzene rings is 3. The summed E-state index contributed by atoms with van der Waals surface area (Å²) in [7, 11) is 0. The number of halogens is 3. The van der Waals surface area contributed by atoms with E-state index in [1.54, 1.807) is 18.2 Å². The number of rotatable bonds is 7. The van der Waals surface area contributed by atoms with Crippen molar-refractivity contribution in [3.8, 4) is 16.9 Å². The van der Waals surface area contributed by atoms with Crippen LogP contribution in [0, 0.1) is 23.4 Å². The molecule has 0 radical (unpaired) electrons. The Bertz CT molecular complexity index is 1080. The molecule has 1 nitrogen and oxygen atoms in total. The Morgan fingerprint density at radius 3 is 2.12 bits per heavy atom. The van der Waals surface area contributed by atoms with Crippen molar-refractivity contribution in [2.75, 3.05) is 6.61 Å². The molecule has 174 valence electrons. The van der Waals surface area contributed by atoms with Crippen LogP contribution in [0.2, 0.25) is 0 Å². The predicted molar refractivity (Wildman–Crippen MR) is 127 cm³/mol. The molecule has 4 rings (SSSR count). The maximum absolute atomic E-state index is 15.0. The molecule has 4 heteroatoms. The van der Waals surface area contributed by atoms with Crippen molar-refractivity contribution in [3.05, 3.63) is 88.7 Å². The van der Waals surface area contributed by atoms with E-state index in [4.69, 9.17) is 4.74 Å². The molecule has 0 saturated heterocycles. The molecule has 0 N–H and O–H groups in total. The molecule has 0 bridgehead atoms. The first kappa shape index (κ1) is 23.4. The van der Waals surface area contributed by atoms with Gasteiger partial charge in [-0.25, -0.2) is 13.2 Å². The molecule has 0 heterocycles. The highest BCUT2D eigenvalue weighted by Gasteiger charge is 2.25. The molecule has 1 saturated carbocycles. The Balaban J connectivity index is 1.43. The van der Waals surface area contributed by atoms with Crippen LogP contribution < -0.4 is 4.74 Å². The zero-order valence-electron chi connectivity index (χ0n) is 19.3. The molecule has 0 amide bonds. The van der Waals surface area contributed by atoms with Crippen molar-refractivity contribution in [3.63, 3.8) is 0 Å². The molecule has 3 aromatic carbocycles. The highest BCUT2D eigenvalue weighted by atomic mass is 19.2. The second kappa shape index (κ2) is 10.5. The molecule has 1 aliphatic rings. The predicted octanol–water partition coefficient (Wildman–Crippen LogP) is 8.25. The molecule has 0 unspecified atom stereocenters. The third-order valence-electron chi connectivity index (χ3n) is 6.83. The fourth-order valence-electron chi connectivity index (χ4n) is 4.79. The van der Waals surface area contributed by atoms with Gasteiger partial charge in [0.15, 0.2) is 23.2 Å². The van der Waals surface area contributed by atoms with Crippen molar-refractivity contribution in [1.29, 1.82) is 0 Å². The van der Waals surface area contributed by atoms with E-state index in [-0.39, 0.29) is 17.5 Å². The summed E-state index contributed by atoms with van der Waals surface area (Å²) >= 11 is 0. The lowest BCUT2D eigenvalue weighted by molar-refractivity contribution is 0.321. The van der Waals surface area contributed by atoms with Crippen LogP contribution in [0.4, 0.5) is 13.2 Å². The maximum Gasteiger partial charge on any atom is 0.166 e. The van der Waals surface area contributed by atoms with E-state index in [1.807, 2.05) is 37.3 Å². The van der Waals surface area contributed by atoms with Crippen molar-refractivity contribution >= 4 is 0 Å². The monoisotopic (exact) mass is 452 g/mol. The van der Waals surface area contributed by atoms with Crippen LogP contribution in [0.25, 0.3) is 11.1 Å². The minimum absolute atomic E-state index is 0.111. The van der Waals surface area contributed by atoms with E-state index in [9.17, 15) is 13.2 Å². The van der Waals surface area contributed by atoms with Gasteiger partial charge >= 0.3 is 0 Å². The van der Waals surface area contributed by atoms with Gasteiger partial charge in [-0.3, -0.25) is 0 Å². The Labute approximate surface area is 194 Å². The highest BCUT2D eigenvalue weighted by Crippen LogP contribution is 2.38. The first-order chi connectivity index (χ1) is 16.0. The van der Waals surface area contributed by atoms with Gasteiger partial charge in [0.25, 0.3) is 0 Å². The molecule has 1 fully saturated rings. The summed E-state index contributed by atoms with van der Waals surface area (Å²) in [5.74, 6) is -0.769. The van der Waals surface area contributed by atoms with Crippen LogP contribution in [0.1, 0.15) is 62.1 Å². The molecule has 33 heavy (non-hydrogen) atoms. The van der Waals surface area contributed by atoms with E-state index in [0.717, 1.165) is 43.2 Å². The second-order valence-electron chi connectivity index (χ2n) is 9.18. The van der Waals surface area contributed by atoms with Gasteiger partial charge in [-0.2, -0.15) is 0 Å². The Hall–Kier alpha value is -2.75. The summed E-state index contributed by atoms with van der Waals surface area (Å²) in [4.78, 5) is 0. The number of ether oxygens (including phenoxy) is 1. The first-order valence-electron chi connectivity index (χ1n) is 11.9. The SMILES string of the molecule is CCOc1ccc(CCc2ccc(-c3ccc(C4CCC(C)CC4)c(F)c3F)cc2)cc1F. The molecule has 0 aliphatic heterocycles. The summed E-state index contributed by atoms with van der Waals surface area (Å²) in [6, 6.07) is 16.0. The fourth-order valence-corrected chi connectivity index (χ4v) is 4.79. The summed E-state index contributed by atoms with van der Waals surface area (Å²) in [5, 5.41) is 0. The zero-order chi connectivity index (χ0) is 23.4. The van der Waals surface area contributed by atoms with Gasteiger partial charge in [-0.1, -0.05) is 62.2 Å². The van der Waals surface area contributed by atoms with E-state index in [0.29, 0.717) is 35.6 Å². The molecule has 0 atom stereocenters. The van der Waals surface area contributed by atoms with Crippen LogP contribution in [-0.4, -0.2) is 6.61 Å². The lowest BCUT2D eigenvalue weighted by Crippen LogP contribution is -2.13. The van der Waals surface area contributed by atoms with E-state index in [2.05, 4.69) is 6.92 Å². The lowest BCUT2D eigenvalue weighted by Gasteiger charge is -2.27. The van der Waals surface area contributed by atoms with Crippen LogP contribution in [0.5, 0.6) is 5.75 Å². The number of aryl methyl sites for hydroxylation is 2.